The predicted octanol–water partition coefficient (Wildman–Crippen LogP) is 4.03. The van der Waals surface area contributed by atoms with Gasteiger partial charge in [-0.1, -0.05) is 44.2 Å². The lowest BCUT2D eigenvalue weighted by atomic mass is 10.1. The molecule has 0 fully saturated rings. The molecule has 0 saturated carbocycles. The van der Waals surface area contributed by atoms with Crippen molar-refractivity contribution in [2.75, 3.05) is 5.32 Å². The van der Waals surface area contributed by atoms with Gasteiger partial charge in [0.2, 0.25) is 5.91 Å². The van der Waals surface area contributed by atoms with Gasteiger partial charge < -0.3 is 5.32 Å². The van der Waals surface area contributed by atoms with Crippen molar-refractivity contribution < 1.29 is 4.79 Å². The van der Waals surface area contributed by atoms with E-state index in [0.717, 1.165) is 12.8 Å². The molecule has 0 spiro atoms. The third kappa shape index (κ3) is 6.27. The van der Waals surface area contributed by atoms with Crippen molar-refractivity contribution in [2.24, 2.45) is 0 Å². The number of pyridine rings is 1. The molecule has 1 aromatic heterocycles. The van der Waals surface area contributed by atoms with E-state index in [-0.39, 0.29) is 5.91 Å². The summed E-state index contributed by atoms with van der Waals surface area (Å²) in [5.41, 5.74) is 0.712. The normalized spacial score (nSPS) is 10.2. The highest BCUT2D eigenvalue weighted by molar-refractivity contribution is 6.29. The lowest BCUT2D eigenvalue weighted by molar-refractivity contribution is -0.116. The zero-order valence-electron chi connectivity index (χ0n) is 10.2. The van der Waals surface area contributed by atoms with Crippen LogP contribution in [0.4, 0.5) is 5.69 Å². The largest absolute Gasteiger partial charge is 0.326 e. The first-order chi connectivity index (χ1) is 8.22. The van der Waals surface area contributed by atoms with Crippen LogP contribution in [0.2, 0.25) is 5.15 Å². The quantitative estimate of drug-likeness (QED) is 0.590. The van der Waals surface area contributed by atoms with E-state index < -0.39 is 0 Å². The van der Waals surface area contributed by atoms with Gasteiger partial charge >= 0.3 is 0 Å². The maximum absolute atomic E-state index is 11.6. The number of anilines is 1. The number of nitrogens with zero attached hydrogens (tertiary/aromatic N) is 1. The van der Waals surface area contributed by atoms with Crippen LogP contribution in [0.3, 0.4) is 0 Å². The van der Waals surface area contributed by atoms with Gasteiger partial charge in [-0.2, -0.15) is 0 Å². The second kappa shape index (κ2) is 8.07. The summed E-state index contributed by atoms with van der Waals surface area (Å²) in [6, 6.07) is 3.39. The fourth-order valence-electron chi connectivity index (χ4n) is 1.59. The molecule has 1 amide bonds. The maximum atomic E-state index is 11.6. The highest BCUT2D eigenvalue weighted by Crippen LogP contribution is 2.13. The van der Waals surface area contributed by atoms with Crippen LogP contribution in [0.15, 0.2) is 18.3 Å². The van der Waals surface area contributed by atoms with E-state index in [4.69, 9.17) is 11.6 Å². The maximum Gasteiger partial charge on any atom is 0.224 e. The molecule has 0 unspecified atom stereocenters. The lowest BCUT2D eigenvalue weighted by Gasteiger charge is -2.05. The van der Waals surface area contributed by atoms with Crippen molar-refractivity contribution in [3.8, 4) is 0 Å². The molecule has 4 heteroatoms. The Bertz CT molecular complexity index is 355. The van der Waals surface area contributed by atoms with Crippen LogP contribution in [-0.4, -0.2) is 10.9 Å². The Morgan fingerprint density at radius 2 is 2.12 bits per heavy atom. The van der Waals surface area contributed by atoms with Gasteiger partial charge in [0.1, 0.15) is 5.15 Å². The van der Waals surface area contributed by atoms with Gasteiger partial charge in [-0.05, 0) is 18.6 Å². The Labute approximate surface area is 108 Å². The molecule has 94 valence electrons. The van der Waals surface area contributed by atoms with Crippen molar-refractivity contribution in [3.63, 3.8) is 0 Å². The Morgan fingerprint density at radius 1 is 1.35 bits per heavy atom. The lowest BCUT2D eigenvalue weighted by Crippen LogP contribution is -2.11. The highest BCUT2D eigenvalue weighted by Gasteiger charge is 2.02. The molecule has 1 aromatic rings. The number of hydrogen-bond acceptors (Lipinski definition) is 2. The van der Waals surface area contributed by atoms with Crippen molar-refractivity contribution in [3.05, 3.63) is 23.5 Å². The minimum Gasteiger partial charge on any atom is -0.326 e. The van der Waals surface area contributed by atoms with Crippen LogP contribution in [-0.2, 0) is 4.79 Å². The Hall–Kier alpha value is -1.09. The fraction of sp³-hybridized carbons (Fsp3) is 0.538. The van der Waals surface area contributed by atoms with Gasteiger partial charge in [-0.15, -0.1) is 0 Å². The molecule has 17 heavy (non-hydrogen) atoms. The molecule has 0 aromatic carbocycles. The minimum absolute atomic E-state index is 0.0452. The molecule has 1 rings (SSSR count). The van der Waals surface area contributed by atoms with E-state index in [9.17, 15) is 4.79 Å². The monoisotopic (exact) mass is 254 g/mol. The van der Waals surface area contributed by atoms with E-state index in [0.29, 0.717) is 17.3 Å². The summed E-state index contributed by atoms with van der Waals surface area (Å²) in [6.07, 6.45) is 7.92. The Morgan fingerprint density at radius 3 is 2.82 bits per heavy atom. The molecule has 0 aliphatic rings. The smallest absolute Gasteiger partial charge is 0.224 e. The van der Waals surface area contributed by atoms with E-state index in [2.05, 4.69) is 17.2 Å². The summed E-state index contributed by atoms with van der Waals surface area (Å²) in [4.78, 5) is 15.4. The van der Waals surface area contributed by atoms with Crippen molar-refractivity contribution in [2.45, 2.75) is 45.4 Å². The van der Waals surface area contributed by atoms with Crippen LogP contribution in [0, 0.1) is 0 Å². The fourth-order valence-corrected chi connectivity index (χ4v) is 1.77. The molecule has 0 aliphatic heterocycles. The summed E-state index contributed by atoms with van der Waals surface area (Å²) in [5.74, 6) is 0.0452. The van der Waals surface area contributed by atoms with Crippen molar-refractivity contribution in [1.29, 1.82) is 0 Å². The second-order valence-corrected chi connectivity index (χ2v) is 4.47. The number of amides is 1. The van der Waals surface area contributed by atoms with Crippen LogP contribution in [0.25, 0.3) is 0 Å². The van der Waals surface area contributed by atoms with Gasteiger partial charge in [-0.25, -0.2) is 4.98 Å². The average Bonchev–Trinajstić information content (AvgIpc) is 2.29. The second-order valence-electron chi connectivity index (χ2n) is 4.08. The topological polar surface area (TPSA) is 42.0 Å². The molecule has 0 saturated heterocycles. The molecule has 1 N–H and O–H groups in total. The summed E-state index contributed by atoms with van der Waals surface area (Å²) in [6.45, 7) is 2.18. The number of aromatic nitrogens is 1. The SMILES string of the molecule is CCCCCCCC(=O)Nc1ccnc(Cl)c1. The van der Waals surface area contributed by atoms with Crippen molar-refractivity contribution >= 4 is 23.2 Å². The van der Waals surface area contributed by atoms with Gasteiger partial charge in [-0.3, -0.25) is 4.79 Å². The first kappa shape index (κ1) is 14.0. The van der Waals surface area contributed by atoms with Gasteiger partial charge in [0.05, 0.1) is 0 Å². The average molecular weight is 255 g/mol. The summed E-state index contributed by atoms with van der Waals surface area (Å²) < 4.78 is 0. The zero-order valence-corrected chi connectivity index (χ0v) is 11.0. The molecular weight excluding hydrogens is 236 g/mol. The summed E-state index contributed by atoms with van der Waals surface area (Å²) in [7, 11) is 0. The van der Waals surface area contributed by atoms with E-state index >= 15 is 0 Å². The Kier molecular flexibility index (Phi) is 6.63. The molecular formula is C13H19ClN2O. The van der Waals surface area contributed by atoms with Gasteiger partial charge in [0, 0.05) is 18.3 Å². The number of nitrogens with one attached hydrogen (secondary N) is 1. The third-order valence-electron chi connectivity index (χ3n) is 2.52. The first-order valence-corrected chi connectivity index (χ1v) is 6.51. The molecule has 0 radical (unpaired) electrons. The molecule has 3 nitrogen and oxygen atoms in total. The summed E-state index contributed by atoms with van der Waals surface area (Å²) in [5, 5.41) is 3.20. The number of carbonyl (C=O) groups excluding carboxylic acids is 1. The number of unbranched alkanes of at least 4 members (excludes halogenated alkanes) is 4. The molecule has 0 atom stereocenters. The Balaban J connectivity index is 2.21. The van der Waals surface area contributed by atoms with Gasteiger partial charge in [0.15, 0.2) is 0 Å². The van der Waals surface area contributed by atoms with E-state index in [1.807, 2.05) is 0 Å². The van der Waals surface area contributed by atoms with Crippen LogP contribution in [0.1, 0.15) is 45.4 Å². The standard InChI is InChI=1S/C13H19ClN2O/c1-2-3-4-5-6-7-13(17)16-11-8-9-15-12(14)10-11/h8-10H,2-7H2,1H3,(H,15,16,17). The highest BCUT2D eigenvalue weighted by atomic mass is 35.5. The minimum atomic E-state index is 0.0452. The zero-order chi connectivity index (χ0) is 12.5. The number of rotatable bonds is 7. The predicted molar refractivity (Wildman–Crippen MR) is 71.3 cm³/mol. The molecule has 1 heterocycles. The number of halogens is 1. The van der Waals surface area contributed by atoms with E-state index in [1.54, 1.807) is 18.3 Å². The molecule has 0 aliphatic carbocycles. The van der Waals surface area contributed by atoms with Crippen LogP contribution in [0.5, 0.6) is 0 Å². The van der Waals surface area contributed by atoms with Crippen LogP contribution >= 0.6 is 11.6 Å². The van der Waals surface area contributed by atoms with Crippen molar-refractivity contribution in [1.82, 2.24) is 4.98 Å². The summed E-state index contributed by atoms with van der Waals surface area (Å²) >= 11 is 5.73. The number of hydrogen-bond donors (Lipinski definition) is 1. The van der Waals surface area contributed by atoms with Gasteiger partial charge in [0.25, 0.3) is 0 Å². The first-order valence-electron chi connectivity index (χ1n) is 6.13. The molecule has 0 bridgehead atoms. The number of carbonyl (C=O) groups is 1. The van der Waals surface area contributed by atoms with Crippen LogP contribution < -0.4 is 5.32 Å². The van der Waals surface area contributed by atoms with E-state index in [1.165, 1.54) is 19.3 Å². The third-order valence-corrected chi connectivity index (χ3v) is 2.72.